The highest BCUT2D eigenvalue weighted by atomic mass is 32.2. The molecule has 2 aliphatic heterocycles. The van der Waals surface area contributed by atoms with Gasteiger partial charge in [-0.2, -0.15) is 9.40 Å². The maximum absolute atomic E-state index is 12.7. The molecule has 9 nitrogen and oxygen atoms in total. The van der Waals surface area contributed by atoms with Crippen molar-refractivity contribution in [2.45, 2.75) is 25.0 Å². The average Bonchev–Trinajstić information content (AvgIpc) is 3.49. The van der Waals surface area contributed by atoms with Crippen LogP contribution in [0.15, 0.2) is 48.7 Å². The van der Waals surface area contributed by atoms with Crippen molar-refractivity contribution >= 4 is 26.5 Å². The number of aromatic nitrogens is 4. The van der Waals surface area contributed by atoms with Gasteiger partial charge in [-0.3, -0.25) is 5.10 Å². The van der Waals surface area contributed by atoms with Crippen molar-refractivity contribution < 1.29 is 13.5 Å². The number of benzene rings is 2. The van der Waals surface area contributed by atoms with E-state index in [9.17, 15) is 13.5 Å². The molecule has 0 bridgehead atoms. The van der Waals surface area contributed by atoms with Crippen molar-refractivity contribution in [2.75, 3.05) is 26.2 Å². The monoisotopic (exact) mass is 504 g/mol. The number of aromatic hydroxyl groups is 1. The van der Waals surface area contributed by atoms with Crippen molar-refractivity contribution in [1.82, 2.24) is 29.8 Å². The molecule has 1 fully saturated rings. The lowest BCUT2D eigenvalue weighted by atomic mass is 9.97. The quantitative estimate of drug-likeness (QED) is 0.319. The first-order chi connectivity index (χ1) is 17.4. The summed E-state index contributed by atoms with van der Waals surface area (Å²) in [7, 11) is -3.24. The van der Waals surface area contributed by atoms with Crippen LogP contribution in [0.2, 0.25) is 0 Å². The van der Waals surface area contributed by atoms with Crippen LogP contribution in [0.1, 0.15) is 24.6 Å². The smallest absolute Gasteiger partial charge is 0.219 e. The number of imidazole rings is 1. The van der Waals surface area contributed by atoms with Gasteiger partial charge in [0.05, 0.1) is 17.4 Å². The SMILES string of the molecule is CCc1cc(O)ccc1-c1ccc2c(-c3ncc(C4=CCN(S(=O)(=O)C5CNC5)CC4)[nH]3)n[nH]c2c1. The molecule has 0 radical (unpaired) electrons. The Hall–Kier alpha value is -3.47. The van der Waals surface area contributed by atoms with Gasteiger partial charge in [-0.05, 0) is 59.4 Å². The third kappa shape index (κ3) is 3.91. The van der Waals surface area contributed by atoms with E-state index in [0.29, 0.717) is 38.4 Å². The van der Waals surface area contributed by atoms with E-state index in [2.05, 4.69) is 44.5 Å². The predicted molar refractivity (Wildman–Crippen MR) is 140 cm³/mol. The molecule has 2 aromatic carbocycles. The van der Waals surface area contributed by atoms with Gasteiger partial charge in [-0.1, -0.05) is 25.1 Å². The van der Waals surface area contributed by atoms with Gasteiger partial charge >= 0.3 is 0 Å². The van der Waals surface area contributed by atoms with Crippen LogP contribution in [0.4, 0.5) is 0 Å². The van der Waals surface area contributed by atoms with E-state index in [4.69, 9.17) is 0 Å². The second kappa shape index (κ2) is 8.88. The predicted octanol–water partition coefficient (Wildman–Crippen LogP) is 3.28. The summed E-state index contributed by atoms with van der Waals surface area (Å²) in [6, 6.07) is 11.6. The Morgan fingerprint density at radius 3 is 2.75 bits per heavy atom. The third-order valence-electron chi connectivity index (χ3n) is 7.19. The van der Waals surface area contributed by atoms with Crippen molar-refractivity contribution in [3.8, 4) is 28.4 Å². The van der Waals surface area contributed by atoms with E-state index in [0.717, 1.165) is 51.0 Å². The van der Waals surface area contributed by atoms with Crippen LogP contribution in [0, 0.1) is 0 Å². The second-order valence-electron chi connectivity index (χ2n) is 9.34. The van der Waals surface area contributed by atoms with E-state index >= 15 is 0 Å². The molecule has 4 heterocycles. The lowest BCUT2D eigenvalue weighted by molar-refractivity contribution is 0.407. The summed E-state index contributed by atoms with van der Waals surface area (Å²) in [4.78, 5) is 7.95. The lowest BCUT2D eigenvalue weighted by Crippen LogP contribution is -2.56. The molecular formula is C26H28N6O3S. The van der Waals surface area contributed by atoms with E-state index in [1.165, 1.54) is 0 Å². The standard InChI is InChI=1S/C26H28N6O3S/c1-2-16-11-19(33)4-6-21(16)18-3-5-22-23(12-18)30-31-25(22)26-28-15-24(29-26)17-7-9-32(10-8-17)36(34,35)20-13-27-14-20/h3-7,11-12,15,20,27,33H,2,8-10,13-14H2,1H3,(H,28,29)(H,30,31). The number of nitrogens with one attached hydrogen (secondary N) is 3. The molecule has 0 atom stereocenters. The molecule has 36 heavy (non-hydrogen) atoms. The Morgan fingerprint density at radius 1 is 1.17 bits per heavy atom. The number of hydrogen-bond donors (Lipinski definition) is 4. The zero-order valence-electron chi connectivity index (χ0n) is 20.0. The maximum atomic E-state index is 12.7. The first kappa shape index (κ1) is 23.0. The van der Waals surface area contributed by atoms with Crippen LogP contribution in [0.5, 0.6) is 5.75 Å². The topological polar surface area (TPSA) is 127 Å². The van der Waals surface area contributed by atoms with E-state index in [1.807, 2.05) is 18.2 Å². The second-order valence-corrected chi connectivity index (χ2v) is 11.5. The Kier molecular flexibility index (Phi) is 5.66. The van der Waals surface area contributed by atoms with Gasteiger partial charge < -0.3 is 15.4 Å². The van der Waals surface area contributed by atoms with Gasteiger partial charge in [-0.15, -0.1) is 0 Å². The van der Waals surface area contributed by atoms with Gasteiger partial charge in [0.1, 0.15) is 16.7 Å². The molecule has 0 unspecified atom stereocenters. The number of nitrogens with zero attached hydrogens (tertiary/aromatic N) is 3. The zero-order chi connectivity index (χ0) is 24.9. The number of fused-ring (bicyclic) bond motifs is 1. The minimum atomic E-state index is -3.24. The van der Waals surface area contributed by atoms with Crippen LogP contribution in [-0.2, 0) is 16.4 Å². The van der Waals surface area contributed by atoms with Crippen molar-refractivity contribution in [2.24, 2.45) is 0 Å². The number of phenols is 1. The normalized spacial score (nSPS) is 17.3. The number of phenolic OH excluding ortho intramolecular Hbond substituents is 1. The number of rotatable bonds is 6. The van der Waals surface area contributed by atoms with Crippen molar-refractivity contribution in [3.05, 3.63) is 59.9 Å². The Morgan fingerprint density at radius 2 is 2.03 bits per heavy atom. The largest absolute Gasteiger partial charge is 0.508 e. The molecule has 1 saturated heterocycles. The molecule has 2 aromatic heterocycles. The first-order valence-corrected chi connectivity index (χ1v) is 13.7. The molecule has 0 aliphatic carbocycles. The van der Waals surface area contributed by atoms with E-state index < -0.39 is 10.0 Å². The number of sulfonamides is 1. The third-order valence-corrected chi connectivity index (χ3v) is 9.41. The fraction of sp³-hybridized carbons (Fsp3) is 0.308. The van der Waals surface area contributed by atoms with Crippen LogP contribution in [0.25, 0.3) is 39.1 Å². The van der Waals surface area contributed by atoms with E-state index in [1.54, 1.807) is 22.6 Å². The number of aromatic amines is 2. The van der Waals surface area contributed by atoms with Crippen molar-refractivity contribution in [1.29, 1.82) is 0 Å². The lowest BCUT2D eigenvalue weighted by Gasteiger charge is -2.34. The first-order valence-electron chi connectivity index (χ1n) is 12.2. The number of hydrogen-bond acceptors (Lipinski definition) is 6. The highest BCUT2D eigenvalue weighted by Gasteiger charge is 2.36. The van der Waals surface area contributed by atoms with Crippen LogP contribution in [0.3, 0.4) is 0 Å². The summed E-state index contributed by atoms with van der Waals surface area (Å²) in [6.07, 6.45) is 5.23. The molecule has 0 saturated carbocycles. The highest BCUT2D eigenvalue weighted by Crippen LogP contribution is 2.33. The van der Waals surface area contributed by atoms with Gasteiger partial charge in [0.15, 0.2) is 5.82 Å². The van der Waals surface area contributed by atoms with Crippen LogP contribution < -0.4 is 5.32 Å². The molecule has 4 N–H and O–H groups in total. The molecular weight excluding hydrogens is 476 g/mol. The van der Waals surface area contributed by atoms with Gasteiger partial charge in [0, 0.05) is 31.6 Å². The summed E-state index contributed by atoms with van der Waals surface area (Å²) in [5.41, 5.74) is 6.81. The fourth-order valence-corrected chi connectivity index (χ4v) is 6.64. The maximum Gasteiger partial charge on any atom is 0.219 e. The Balaban J connectivity index is 1.24. The fourth-order valence-electron chi connectivity index (χ4n) is 4.94. The molecule has 0 amide bonds. The van der Waals surface area contributed by atoms with Gasteiger partial charge in [-0.25, -0.2) is 13.4 Å². The van der Waals surface area contributed by atoms with Gasteiger partial charge in [0.2, 0.25) is 10.0 Å². The Bertz CT molecular complexity index is 1580. The number of H-pyrrole nitrogens is 2. The molecule has 186 valence electrons. The highest BCUT2D eigenvalue weighted by molar-refractivity contribution is 7.89. The molecule has 0 spiro atoms. The van der Waals surface area contributed by atoms with Gasteiger partial charge in [0.25, 0.3) is 0 Å². The average molecular weight is 505 g/mol. The summed E-state index contributed by atoms with van der Waals surface area (Å²) >= 11 is 0. The minimum Gasteiger partial charge on any atom is -0.508 e. The summed E-state index contributed by atoms with van der Waals surface area (Å²) in [6.45, 7) is 4.00. The summed E-state index contributed by atoms with van der Waals surface area (Å²) in [5.74, 6) is 0.937. The molecule has 6 rings (SSSR count). The molecule has 4 aromatic rings. The number of aryl methyl sites for hydroxylation is 1. The molecule has 10 heteroatoms. The Labute approximate surface area is 209 Å². The zero-order valence-corrected chi connectivity index (χ0v) is 20.8. The summed E-state index contributed by atoms with van der Waals surface area (Å²) < 4.78 is 26.9. The van der Waals surface area contributed by atoms with Crippen molar-refractivity contribution in [3.63, 3.8) is 0 Å². The van der Waals surface area contributed by atoms with Crippen LogP contribution >= 0.6 is 0 Å². The van der Waals surface area contributed by atoms with Crippen LogP contribution in [-0.4, -0.2) is 69.4 Å². The van der Waals surface area contributed by atoms with E-state index in [-0.39, 0.29) is 11.0 Å². The molecule has 2 aliphatic rings. The minimum absolute atomic E-state index is 0.271. The summed E-state index contributed by atoms with van der Waals surface area (Å²) in [5, 5.41) is 21.2.